The predicted octanol–water partition coefficient (Wildman–Crippen LogP) is 1.10. The predicted molar refractivity (Wildman–Crippen MR) is 59.5 cm³/mol. The van der Waals surface area contributed by atoms with Crippen LogP contribution >= 0.6 is 11.6 Å². The van der Waals surface area contributed by atoms with Crippen LogP contribution in [-0.4, -0.2) is 24.8 Å². The number of nitrogens with two attached hydrogens (primary N) is 1. The summed E-state index contributed by atoms with van der Waals surface area (Å²) in [6, 6.07) is 6.34. The first-order valence-electron chi connectivity index (χ1n) is 4.32. The van der Waals surface area contributed by atoms with Crippen LogP contribution in [0.1, 0.15) is 5.56 Å². The van der Waals surface area contributed by atoms with Crippen molar-refractivity contribution in [3.05, 3.63) is 34.9 Å². The van der Waals surface area contributed by atoms with Crippen molar-refractivity contribution in [2.24, 2.45) is 5.73 Å². The maximum absolute atomic E-state index is 10.5. The fraction of sp³-hybridized carbons (Fsp3) is 0.333. The minimum Gasteiger partial charge on any atom is -0.326 e. The van der Waals surface area contributed by atoms with Crippen LogP contribution in [0.5, 0.6) is 0 Å². The van der Waals surface area contributed by atoms with Crippen molar-refractivity contribution in [3.8, 4) is 0 Å². The molecule has 4 nitrogen and oxygen atoms in total. The van der Waals surface area contributed by atoms with Crippen LogP contribution < -0.4 is 5.73 Å². The molecule has 84 valence electrons. The quantitative estimate of drug-likeness (QED) is 0.783. The third kappa shape index (κ3) is 5.13. The molecule has 3 N–H and O–H groups in total. The molecule has 0 aromatic heterocycles. The minimum atomic E-state index is -4.00. The van der Waals surface area contributed by atoms with Crippen LogP contribution in [0.4, 0.5) is 0 Å². The molecule has 0 heterocycles. The molecule has 1 rings (SSSR count). The molecule has 0 bridgehead atoms. The van der Waals surface area contributed by atoms with Gasteiger partial charge in [0.05, 0.1) is 5.75 Å². The summed E-state index contributed by atoms with van der Waals surface area (Å²) in [6.07, 6.45) is 0.386. The van der Waals surface area contributed by atoms with Crippen molar-refractivity contribution >= 4 is 21.7 Å². The van der Waals surface area contributed by atoms with Gasteiger partial charge in [-0.25, -0.2) is 0 Å². The zero-order chi connectivity index (χ0) is 11.5. The van der Waals surface area contributed by atoms with Crippen molar-refractivity contribution < 1.29 is 13.0 Å². The van der Waals surface area contributed by atoms with Crippen molar-refractivity contribution in [1.82, 2.24) is 0 Å². The number of hydrogen-bond donors (Lipinski definition) is 2. The Morgan fingerprint density at radius 1 is 1.33 bits per heavy atom. The Balaban J connectivity index is 2.59. The molecule has 0 unspecified atom stereocenters. The second-order valence-electron chi connectivity index (χ2n) is 3.34. The van der Waals surface area contributed by atoms with Crippen LogP contribution in [0.15, 0.2) is 24.3 Å². The molecule has 0 aliphatic rings. The molecular formula is C9H12ClNO3S. The van der Waals surface area contributed by atoms with E-state index in [1.165, 1.54) is 0 Å². The molecule has 0 aliphatic carbocycles. The SMILES string of the molecule is N[C@@H](Cc1ccc(Cl)cc1)CS(=O)(=O)O. The number of benzene rings is 1. The molecule has 1 aromatic carbocycles. The molecule has 0 saturated carbocycles. The van der Waals surface area contributed by atoms with Crippen LogP contribution in [0.2, 0.25) is 5.02 Å². The third-order valence-corrected chi connectivity index (χ3v) is 2.94. The summed E-state index contributed by atoms with van der Waals surface area (Å²) < 4.78 is 29.7. The molecule has 0 aliphatic heterocycles. The van der Waals surface area contributed by atoms with E-state index in [-0.39, 0.29) is 0 Å². The molecule has 1 atom stereocenters. The van der Waals surface area contributed by atoms with E-state index < -0.39 is 21.9 Å². The lowest BCUT2D eigenvalue weighted by Crippen LogP contribution is -2.31. The van der Waals surface area contributed by atoms with E-state index in [1.54, 1.807) is 24.3 Å². The normalized spacial score (nSPS) is 13.8. The summed E-state index contributed by atoms with van der Waals surface area (Å²) in [6.45, 7) is 0. The maximum atomic E-state index is 10.5. The van der Waals surface area contributed by atoms with Gasteiger partial charge >= 0.3 is 0 Å². The number of halogens is 1. The van der Waals surface area contributed by atoms with Crippen LogP contribution in [0, 0.1) is 0 Å². The zero-order valence-corrected chi connectivity index (χ0v) is 9.50. The van der Waals surface area contributed by atoms with Gasteiger partial charge in [-0.05, 0) is 24.1 Å². The standard InChI is InChI=1S/C9H12ClNO3S/c10-8-3-1-7(2-4-8)5-9(11)6-15(12,13)14/h1-4,9H,5-6,11H2,(H,12,13,14)/t9-/m0/s1. The first-order valence-corrected chi connectivity index (χ1v) is 6.31. The highest BCUT2D eigenvalue weighted by Gasteiger charge is 2.12. The first-order chi connectivity index (χ1) is 6.87. The highest BCUT2D eigenvalue weighted by atomic mass is 35.5. The summed E-state index contributed by atoms with van der Waals surface area (Å²) in [4.78, 5) is 0. The second-order valence-corrected chi connectivity index (χ2v) is 5.27. The first kappa shape index (κ1) is 12.4. The molecule has 6 heteroatoms. The fourth-order valence-electron chi connectivity index (χ4n) is 1.25. The Morgan fingerprint density at radius 3 is 2.33 bits per heavy atom. The van der Waals surface area contributed by atoms with E-state index in [0.29, 0.717) is 11.4 Å². The smallest absolute Gasteiger partial charge is 0.266 e. The summed E-state index contributed by atoms with van der Waals surface area (Å²) in [7, 11) is -4.00. The highest BCUT2D eigenvalue weighted by Crippen LogP contribution is 2.10. The van der Waals surface area contributed by atoms with Crippen LogP contribution in [0.25, 0.3) is 0 Å². The van der Waals surface area contributed by atoms with Gasteiger partial charge in [-0.3, -0.25) is 4.55 Å². The number of rotatable bonds is 4. The van der Waals surface area contributed by atoms with Crippen molar-refractivity contribution in [2.75, 3.05) is 5.75 Å². The fourth-order valence-corrected chi connectivity index (χ4v) is 2.04. The average molecular weight is 250 g/mol. The van der Waals surface area contributed by atoms with Crippen LogP contribution in [0.3, 0.4) is 0 Å². The molecule has 1 aromatic rings. The molecule has 0 fully saturated rings. The van der Waals surface area contributed by atoms with Gasteiger partial charge in [0.25, 0.3) is 10.1 Å². The summed E-state index contributed by atoms with van der Waals surface area (Å²) >= 11 is 5.69. The Hall–Kier alpha value is -0.620. The Bertz CT molecular complexity index is 415. The van der Waals surface area contributed by atoms with E-state index in [0.717, 1.165) is 5.56 Å². The lowest BCUT2D eigenvalue weighted by atomic mass is 10.1. The van der Waals surface area contributed by atoms with Gasteiger partial charge in [-0.1, -0.05) is 23.7 Å². The molecular weight excluding hydrogens is 238 g/mol. The third-order valence-electron chi connectivity index (χ3n) is 1.84. The summed E-state index contributed by atoms with van der Waals surface area (Å²) in [5, 5.41) is 0.613. The summed E-state index contributed by atoms with van der Waals surface area (Å²) in [5.74, 6) is -0.435. The Kier molecular flexibility index (Phi) is 4.10. The van der Waals surface area contributed by atoms with E-state index in [4.69, 9.17) is 21.9 Å². The zero-order valence-electron chi connectivity index (χ0n) is 7.93. The average Bonchev–Trinajstić information content (AvgIpc) is 2.05. The van der Waals surface area contributed by atoms with Gasteiger partial charge in [-0.15, -0.1) is 0 Å². The Morgan fingerprint density at radius 2 is 1.87 bits per heavy atom. The van der Waals surface area contributed by atoms with E-state index in [2.05, 4.69) is 0 Å². The van der Waals surface area contributed by atoms with E-state index in [1.807, 2.05) is 0 Å². The topological polar surface area (TPSA) is 80.4 Å². The molecule has 0 radical (unpaired) electrons. The second kappa shape index (κ2) is 4.94. The summed E-state index contributed by atoms with van der Waals surface area (Å²) in [5.41, 5.74) is 6.44. The highest BCUT2D eigenvalue weighted by molar-refractivity contribution is 7.85. The minimum absolute atomic E-state index is 0.386. The van der Waals surface area contributed by atoms with E-state index >= 15 is 0 Å². The number of hydrogen-bond acceptors (Lipinski definition) is 3. The van der Waals surface area contributed by atoms with Gasteiger partial charge in [0.15, 0.2) is 0 Å². The van der Waals surface area contributed by atoms with Crippen LogP contribution in [-0.2, 0) is 16.5 Å². The lowest BCUT2D eigenvalue weighted by Gasteiger charge is -2.09. The van der Waals surface area contributed by atoms with Gasteiger partial charge < -0.3 is 5.73 Å². The maximum Gasteiger partial charge on any atom is 0.266 e. The molecule has 0 spiro atoms. The molecule has 0 amide bonds. The van der Waals surface area contributed by atoms with Crippen molar-refractivity contribution in [1.29, 1.82) is 0 Å². The van der Waals surface area contributed by atoms with Crippen molar-refractivity contribution in [3.63, 3.8) is 0 Å². The van der Waals surface area contributed by atoms with Gasteiger partial charge in [0.2, 0.25) is 0 Å². The van der Waals surface area contributed by atoms with E-state index in [9.17, 15) is 8.42 Å². The lowest BCUT2D eigenvalue weighted by molar-refractivity contribution is 0.476. The Labute approximate surface area is 93.8 Å². The molecule has 15 heavy (non-hydrogen) atoms. The monoisotopic (exact) mass is 249 g/mol. The molecule has 0 saturated heterocycles. The van der Waals surface area contributed by atoms with Gasteiger partial charge in [0.1, 0.15) is 0 Å². The van der Waals surface area contributed by atoms with Gasteiger partial charge in [0, 0.05) is 11.1 Å². The van der Waals surface area contributed by atoms with Gasteiger partial charge in [-0.2, -0.15) is 8.42 Å². The van der Waals surface area contributed by atoms with Crippen molar-refractivity contribution in [2.45, 2.75) is 12.5 Å². The largest absolute Gasteiger partial charge is 0.326 e.